The van der Waals surface area contributed by atoms with E-state index >= 15 is 0 Å². The van der Waals surface area contributed by atoms with Crippen molar-refractivity contribution in [3.8, 4) is 0 Å². The van der Waals surface area contributed by atoms with Gasteiger partial charge in [0, 0.05) is 24.8 Å². The Morgan fingerprint density at radius 1 is 1.47 bits per heavy atom. The molecule has 4 heteroatoms. The lowest BCUT2D eigenvalue weighted by molar-refractivity contribution is 0.100. The zero-order valence-corrected chi connectivity index (χ0v) is 10.1. The highest BCUT2D eigenvalue weighted by atomic mass is 16.1. The predicted molar refractivity (Wildman–Crippen MR) is 68.9 cm³/mol. The Morgan fingerprint density at radius 2 is 2.18 bits per heavy atom. The number of carbonyl (C=O) groups is 1. The van der Waals surface area contributed by atoms with Crippen LogP contribution in [0.25, 0.3) is 0 Å². The molecule has 1 aliphatic heterocycles. The second-order valence-corrected chi connectivity index (χ2v) is 4.74. The van der Waals surface area contributed by atoms with Gasteiger partial charge < -0.3 is 16.4 Å². The van der Waals surface area contributed by atoms with Gasteiger partial charge in [0.2, 0.25) is 0 Å². The highest BCUT2D eigenvalue weighted by Gasteiger charge is 2.27. The molecule has 0 radical (unpaired) electrons. The molecule has 2 atom stereocenters. The predicted octanol–water partition coefficient (Wildman–Crippen LogP) is 0.959. The van der Waals surface area contributed by atoms with E-state index in [4.69, 9.17) is 11.5 Å². The highest BCUT2D eigenvalue weighted by Crippen LogP contribution is 2.27. The number of para-hydroxylation sites is 1. The molecule has 1 aromatic carbocycles. The topological polar surface area (TPSA) is 72.3 Å². The van der Waals surface area contributed by atoms with E-state index in [1.807, 2.05) is 25.1 Å². The average Bonchev–Trinajstić information content (AvgIpc) is 2.78. The largest absolute Gasteiger partial charge is 0.371 e. The smallest absolute Gasteiger partial charge is 0.250 e. The summed E-state index contributed by atoms with van der Waals surface area (Å²) in [6, 6.07) is 7.69. The molecule has 0 spiro atoms. The van der Waals surface area contributed by atoms with E-state index in [0.29, 0.717) is 11.5 Å². The van der Waals surface area contributed by atoms with Crippen molar-refractivity contribution in [3.05, 3.63) is 29.8 Å². The lowest BCUT2D eigenvalue weighted by Gasteiger charge is -2.21. The molecule has 4 N–H and O–H groups in total. The summed E-state index contributed by atoms with van der Waals surface area (Å²) in [6.07, 6.45) is 1.07. The Labute approximate surface area is 102 Å². The molecule has 4 nitrogen and oxygen atoms in total. The molecule has 1 saturated heterocycles. The molecule has 1 fully saturated rings. The van der Waals surface area contributed by atoms with Crippen LogP contribution in [0.1, 0.15) is 23.7 Å². The van der Waals surface area contributed by atoms with Crippen molar-refractivity contribution in [2.24, 2.45) is 17.4 Å². The summed E-state index contributed by atoms with van der Waals surface area (Å²) in [6.45, 7) is 3.88. The summed E-state index contributed by atoms with van der Waals surface area (Å²) in [5, 5.41) is 0. The van der Waals surface area contributed by atoms with Crippen LogP contribution < -0.4 is 16.4 Å². The molecule has 2 unspecified atom stereocenters. The molecule has 17 heavy (non-hydrogen) atoms. The third-order valence-corrected chi connectivity index (χ3v) is 3.48. The Balaban J connectivity index is 2.21. The number of carbonyl (C=O) groups excluding carboxylic acids is 1. The lowest BCUT2D eigenvalue weighted by Crippen LogP contribution is -2.30. The number of nitrogens with zero attached hydrogens (tertiary/aromatic N) is 1. The first-order valence-electron chi connectivity index (χ1n) is 5.99. The number of hydrogen-bond acceptors (Lipinski definition) is 3. The van der Waals surface area contributed by atoms with Crippen molar-refractivity contribution in [3.63, 3.8) is 0 Å². The van der Waals surface area contributed by atoms with Crippen LogP contribution in [-0.2, 0) is 0 Å². The van der Waals surface area contributed by atoms with Gasteiger partial charge >= 0.3 is 0 Å². The first kappa shape index (κ1) is 11.9. The van der Waals surface area contributed by atoms with Gasteiger partial charge in [-0.3, -0.25) is 4.79 Å². The maximum atomic E-state index is 11.4. The van der Waals surface area contributed by atoms with Crippen molar-refractivity contribution in [1.82, 2.24) is 0 Å². The quantitative estimate of drug-likeness (QED) is 0.816. The molecule has 1 amide bonds. The summed E-state index contributed by atoms with van der Waals surface area (Å²) < 4.78 is 0. The number of benzene rings is 1. The van der Waals surface area contributed by atoms with Gasteiger partial charge in [-0.2, -0.15) is 0 Å². The van der Waals surface area contributed by atoms with Crippen LogP contribution in [0.4, 0.5) is 5.69 Å². The normalized spacial score (nSPS) is 21.5. The summed E-state index contributed by atoms with van der Waals surface area (Å²) in [4.78, 5) is 13.6. The van der Waals surface area contributed by atoms with Gasteiger partial charge in [0.15, 0.2) is 0 Å². The highest BCUT2D eigenvalue weighted by molar-refractivity contribution is 5.98. The van der Waals surface area contributed by atoms with Gasteiger partial charge in [-0.25, -0.2) is 0 Å². The van der Waals surface area contributed by atoms with E-state index in [1.54, 1.807) is 6.07 Å². The standard InChI is InChI=1S/C13H19N3O/c1-9(14)10-6-7-16(8-10)12-5-3-2-4-11(12)13(15)17/h2-5,9-10H,6-8,14H2,1H3,(H2,15,17). The summed E-state index contributed by atoms with van der Waals surface area (Å²) >= 11 is 0. The molecule has 2 rings (SSSR count). The monoisotopic (exact) mass is 233 g/mol. The van der Waals surface area contributed by atoms with Gasteiger partial charge in [0.1, 0.15) is 0 Å². The fourth-order valence-electron chi connectivity index (χ4n) is 2.39. The summed E-state index contributed by atoms with van der Waals surface area (Å²) in [5.74, 6) is 0.126. The van der Waals surface area contributed by atoms with Crippen LogP contribution in [0, 0.1) is 5.92 Å². The van der Waals surface area contributed by atoms with Crippen LogP contribution in [-0.4, -0.2) is 25.0 Å². The summed E-state index contributed by atoms with van der Waals surface area (Å²) in [5.41, 5.74) is 12.8. The van der Waals surface area contributed by atoms with Crippen LogP contribution in [0.3, 0.4) is 0 Å². The first-order chi connectivity index (χ1) is 8.09. The molecule has 0 bridgehead atoms. The van der Waals surface area contributed by atoms with Crippen molar-refractivity contribution < 1.29 is 4.79 Å². The fourth-order valence-corrected chi connectivity index (χ4v) is 2.39. The second kappa shape index (κ2) is 4.75. The van der Waals surface area contributed by atoms with Crippen LogP contribution in [0.5, 0.6) is 0 Å². The number of primary amides is 1. The van der Waals surface area contributed by atoms with Gasteiger partial charge in [-0.1, -0.05) is 12.1 Å². The number of nitrogens with two attached hydrogens (primary N) is 2. The maximum absolute atomic E-state index is 11.4. The molecular formula is C13H19N3O. The molecular weight excluding hydrogens is 214 g/mol. The SMILES string of the molecule is CC(N)C1CCN(c2ccccc2C(N)=O)C1. The average molecular weight is 233 g/mol. The molecule has 92 valence electrons. The van der Waals surface area contributed by atoms with Gasteiger partial charge in [-0.05, 0) is 31.4 Å². The third kappa shape index (κ3) is 2.42. The molecule has 0 aromatic heterocycles. The van der Waals surface area contributed by atoms with E-state index in [2.05, 4.69) is 4.90 Å². The lowest BCUT2D eigenvalue weighted by atomic mass is 10.0. The third-order valence-electron chi connectivity index (χ3n) is 3.48. The van der Waals surface area contributed by atoms with E-state index in [0.717, 1.165) is 25.2 Å². The van der Waals surface area contributed by atoms with E-state index in [1.165, 1.54) is 0 Å². The summed E-state index contributed by atoms with van der Waals surface area (Å²) in [7, 11) is 0. The van der Waals surface area contributed by atoms with E-state index < -0.39 is 0 Å². The fraction of sp³-hybridized carbons (Fsp3) is 0.462. The van der Waals surface area contributed by atoms with Crippen molar-refractivity contribution in [1.29, 1.82) is 0 Å². The van der Waals surface area contributed by atoms with Crippen LogP contribution in [0.2, 0.25) is 0 Å². The van der Waals surface area contributed by atoms with Crippen molar-refractivity contribution in [2.75, 3.05) is 18.0 Å². The number of hydrogen-bond donors (Lipinski definition) is 2. The second-order valence-electron chi connectivity index (χ2n) is 4.74. The van der Waals surface area contributed by atoms with Gasteiger partial charge in [0.05, 0.1) is 5.56 Å². The molecule has 1 aromatic rings. The Kier molecular flexibility index (Phi) is 3.33. The zero-order chi connectivity index (χ0) is 12.4. The molecule has 0 saturated carbocycles. The molecule has 1 aliphatic rings. The minimum atomic E-state index is -0.371. The number of anilines is 1. The Morgan fingerprint density at radius 3 is 2.76 bits per heavy atom. The number of amides is 1. The molecule has 0 aliphatic carbocycles. The van der Waals surface area contributed by atoms with Gasteiger partial charge in [0.25, 0.3) is 5.91 Å². The number of rotatable bonds is 3. The van der Waals surface area contributed by atoms with E-state index in [9.17, 15) is 4.79 Å². The van der Waals surface area contributed by atoms with Crippen molar-refractivity contribution in [2.45, 2.75) is 19.4 Å². The van der Waals surface area contributed by atoms with Gasteiger partial charge in [-0.15, -0.1) is 0 Å². The zero-order valence-electron chi connectivity index (χ0n) is 10.1. The Bertz CT molecular complexity index is 417. The minimum Gasteiger partial charge on any atom is -0.371 e. The molecule has 1 heterocycles. The minimum absolute atomic E-state index is 0.195. The maximum Gasteiger partial charge on any atom is 0.250 e. The van der Waals surface area contributed by atoms with Crippen molar-refractivity contribution >= 4 is 11.6 Å². The van der Waals surface area contributed by atoms with Crippen LogP contribution >= 0.6 is 0 Å². The van der Waals surface area contributed by atoms with E-state index in [-0.39, 0.29) is 11.9 Å². The Hall–Kier alpha value is -1.55. The van der Waals surface area contributed by atoms with Crippen LogP contribution in [0.15, 0.2) is 24.3 Å². The first-order valence-corrected chi connectivity index (χ1v) is 5.99.